The molecule has 0 saturated heterocycles. The molecule has 1 aromatic rings. The number of halogens is 4. The number of carbonyl (C=O) groups is 1. The van der Waals surface area contributed by atoms with Crippen molar-refractivity contribution in [2.45, 2.75) is 6.43 Å². The second kappa shape index (κ2) is 3.74. The number of alkyl halides is 2. The smallest absolute Gasteiger partial charge is 0.267 e. The van der Waals surface area contributed by atoms with Crippen molar-refractivity contribution in [1.82, 2.24) is 4.98 Å². The average molecular weight is 210 g/mol. The van der Waals surface area contributed by atoms with Crippen molar-refractivity contribution in [3.05, 3.63) is 28.3 Å². The van der Waals surface area contributed by atoms with Crippen LogP contribution < -0.4 is 0 Å². The third-order valence-electron chi connectivity index (χ3n) is 1.37. The Morgan fingerprint density at radius 1 is 1.54 bits per heavy atom. The summed E-state index contributed by atoms with van der Waals surface area (Å²) in [4.78, 5) is 13.4. The summed E-state index contributed by atoms with van der Waals surface area (Å²) in [5, 5.41) is -0.757. The van der Waals surface area contributed by atoms with Gasteiger partial charge in [-0.15, -0.1) is 0 Å². The second-order valence-electron chi connectivity index (χ2n) is 2.14. The molecule has 0 aliphatic carbocycles. The summed E-state index contributed by atoms with van der Waals surface area (Å²) in [7, 11) is 0. The highest BCUT2D eigenvalue weighted by Gasteiger charge is 2.20. The van der Waals surface area contributed by atoms with Crippen LogP contribution in [-0.2, 0) is 0 Å². The van der Waals surface area contributed by atoms with Crippen molar-refractivity contribution in [2.24, 2.45) is 0 Å². The molecule has 0 fully saturated rings. The molecule has 13 heavy (non-hydrogen) atoms. The highest BCUT2D eigenvalue weighted by Crippen LogP contribution is 2.30. The standard InChI is InChI=1S/C7H3ClF3NO/c8-6-3(9)1-12-4(2-13)5(6)7(10)11/h1-2,7H. The first kappa shape index (κ1) is 9.98. The zero-order chi connectivity index (χ0) is 10.0. The first-order valence-electron chi connectivity index (χ1n) is 3.15. The first-order valence-corrected chi connectivity index (χ1v) is 3.53. The molecule has 1 heterocycles. The van der Waals surface area contributed by atoms with Crippen molar-refractivity contribution in [3.63, 3.8) is 0 Å². The van der Waals surface area contributed by atoms with Crippen LogP contribution in [0, 0.1) is 5.82 Å². The summed E-state index contributed by atoms with van der Waals surface area (Å²) in [6.45, 7) is 0. The van der Waals surface area contributed by atoms with Crippen molar-refractivity contribution >= 4 is 17.9 Å². The lowest BCUT2D eigenvalue weighted by atomic mass is 10.2. The van der Waals surface area contributed by atoms with Crippen LogP contribution >= 0.6 is 11.6 Å². The maximum atomic E-state index is 12.6. The number of aromatic nitrogens is 1. The Hall–Kier alpha value is -1.10. The molecule has 0 amide bonds. The monoisotopic (exact) mass is 209 g/mol. The molecule has 0 spiro atoms. The van der Waals surface area contributed by atoms with Gasteiger partial charge in [-0.3, -0.25) is 4.79 Å². The van der Waals surface area contributed by atoms with Crippen molar-refractivity contribution in [1.29, 1.82) is 0 Å². The maximum Gasteiger partial charge on any atom is 0.267 e. The van der Waals surface area contributed by atoms with Crippen molar-refractivity contribution in [3.8, 4) is 0 Å². The number of pyridine rings is 1. The van der Waals surface area contributed by atoms with Gasteiger partial charge in [0.25, 0.3) is 6.43 Å². The highest BCUT2D eigenvalue weighted by atomic mass is 35.5. The Balaban J connectivity index is 3.41. The fraction of sp³-hybridized carbons (Fsp3) is 0.143. The fourth-order valence-electron chi connectivity index (χ4n) is 0.795. The van der Waals surface area contributed by atoms with E-state index in [0.717, 1.165) is 0 Å². The van der Waals surface area contributed by atoms with Gasteiger partial charge in [0.1, 0.15) is 5.69 Å². The van der Waals surface area contributed by atoms with Gasteiger partial charge in [-0.05, 0) is 0 Å². The van der Waals surface area contributed by atoms with Crippen LogP contribution in [-0.4, -0.2) is 11.3 Å². The average Bonchev–Trinajstić information content (AvgIpc) is 2.08. The lowest BCUT2D eigenvalue weighted by molar-refractivity contribution is 0.110. The van der Waals surface area contributed by atoms with Gasteiger partial charge in [0.15, 0.2) is 12.1 Å². The molecule has 0 aliphatic rings. The summed E-state index contributed by atoms with van der Waals surface area (Å²) in [5.74, 6) is -1.07. The van der Waals surface area contributed by atoms with E-state index in [-0.39, 0.29) is 6.29 Å². The Morgan fingerprint density at radius 3 is 2.62 bits per heavy atom. The molecule has 0 unspecified atom stereocenters. The minimum atomic E-state index is -3.02. The molecule has 6 heteroatoms. The number of carbonyl (C=O) groups excluding carboxylic acids is 1. The van der Waals surface area contributed by atoms with Crippen LogP contribution in [0.3, 0.4) is 0 Å². The molecule has 70 valence electrons. The summed E-state index contributed by atoms with van der Waals surface area (Å²) in [5.41, 5.74) is -1.40. The Morgan fingerprint density at radius 2 is 2.15 bits per heavy atom. The van der Waals surface area contributed by atoms with Gasteiger partial charge in [0.05, 0.1) is 16.8 Å². The van der Waals surface area contributed by atoms with E-state index < -0.39 is 28.5 Å². The molecular weight excluding hydrogens is 207 g/mol. The van der Waals surface area contributed by atoms with E-state index in [1.54, 1.807) is 0 Å². The maximum absolute atomic E-state index is 12.6. The van der Waals surface area contributed by atoms with E-state index in [2.05, 4.69) is 4.98 Å². The van der Waals surface area contributed by atoms with Gasteiger partial charge in [0.2, 0.25) is 0 Å². The van der Waals surface area contributed by atoms with Crippen LogP contribution in [0.2, 0.25) is 5.02 Å². The Bertz CT molecular complexity index is 343. The predicted octanol–water partition coefficient (Wildman–Crippen LogP) is 2.62. The number of nitrogens with zero attached hydrogens (tertiary/aromatic N) is 1. The van der Waals surface area contributed by atoms with Crippen LogP contribution in [0.25, 0.3) is 0 Å². The number of aldehydes is 1. The quantitative estimate of drug-likeness (QED) is 0.701. The molecule has 0 aromatic carbocycles. The minimum absolute atomic E-state index is 0.104. The molecule has 0 bridgehead atoms. The Kier molecular flexibility index (Phi) is 2.87. The third-order valence-corrected chi connectivity index (χ3v) is 1.75. The SMILES string of the molecule is O=Cc1ncc(F)c(Cl)c1C(F)F. The van der Waals surface area contributed by atoms with E-state index in [0.29, 0.717) is 6.20 Å². The zero-order valence-corrected chi connectivity index (χ0v) is 6.86. The molecule has 0 radical (unpaired) electrons. The van der Waals surface area contributed by atoms with Gasteiger partial charge in [-0.1, -0.05) is 11.6 Å². The van der Waals surface area contributed by atoms with Gasteiger partial charge in [-0.2, -0.15) is 0 Å². The van der Waals surface area contributed by atoms with Crippen LogP contribution in [0.4, 0.5) is 13.2 Å². The van der Waals surface area contributed by atoms with Gasteiger partial charge < -0.3 is 0 Å². The minimum Gasteiger partial charge on any atom is -0.296 e. The van der Waals surface area contributed by atoms with Gasteiger partial charge >= 0.3 is 0 Å². The molecule has 0 N–H and O–H groups in total. The first-order chi connectivity index (χ1) is 6.07. The van der Waals surface area contributed by atoms with Gasteiger partial charge in [-0.25, -0.2) is 18.2 Å². The highest BCUT2D eigenvalue weighted by molar-refractivity contribution is 6.31. The molecule has 1 aromatic heterocycles. The predicted molar refractivity (Wildman–Crippen MR) is 39.5 cm³/mol. The normalized spacial score (nSPS) is 10.5. The molecule has 2 nitrogen and oxygen atoms in total. The summed E-state index contributed by atoms with van der Waals surface area (Å²) >= 11 is 5.22. The third kappa shape index (κ3) is 1.80. The van der Waals surface area contributed by atoms with E-state index in [4.69, 9.17) is 11.6 Å². The molecular formula is C7H3ClF3NO. The lowest BCUT2D eigenvalue weighted by Crippen LogP contribution is -2.00. The van der Waals surface area contributed by atoms with Crippen LogP contribution in [0.1, 0.15) is 22.5 Å². The molecule has 0 saturated carbocycles. The van der Waals surface area contributed by atoms with E-state index in [1.165, 1.54) is 0 Å². The summed E-state index contributed by atoms with van der Waals surface area (Å²) < 4.78 is 37.0. The molecule has 1 rings (SSSR count). The number of hydrogen-bond donors (Lipinski definition) is 0. The zero-order valence-electron chi connectivity index (χ0n) is 6.10. The largest absolute Gasteiger partial charge is 0.296 e. The van der Waals surface area contributed by atoms with Crippen molar-refractivity contribution in [2.75, 3.05) is 0 Å². The van der Waals surface area contributed by atoms with E-state index in [1.807, 2.05) is 0 Å². The second-order valence-corrected chi connectivity index (χ2v) is 2.52. The fourth-order valence-corrected chi connectivity index (χ4v) is 1.02. The molecule has 0 atom stereocenters. The van der Waals surface area contributed by atoms with E-state index in [9.17, 15) is 18.0 Å². The lowest BCUT2D eigenvalue weighted by Gasteiger charge is -2.05. The van der Waals surface area contributed by atoms with Crippen LogP contribution in [0.5, 0.6) is 0 Å². The Labute approximate surface area is 76.3 Å². The van der Waals surface area contributed by atoms with Gasteiger partial charge in [0, 0.05) is 0 Å². The summed E-state index contributed by atoms with van der Waals surface area (Å²) in [6.07, 6.45) is -2.29. The number of rotatable bonds is 2. The van der Waals surface area contributed by atoms with Crippen LogP contribution in [0.15, 0.2) is 6.20 Å². The topological polar surface area (TPSA) is 30.0 Å². The van der Waals surface area contributed by atoms with E-state index >= 15 is 0 Å². The molecule has 0 aliphatic heterocycles. The number of hydrogen-bond acceptors (Lipinski definition) is 2. The van der Waals surface area contributed by atoms with Crippen molar-refractivity contribution < 1.29 is 18.0 Å². The summed E-state index contributed by atoms with van der Waals surface area (Å²) in [6, 6.07) is 0.